The van der Waals surface area contributed by atoms with Crippen LogP contribution in [-0.4, -0.2) is 36.6 Å². The van der Waals surface area contributed by atoms with Gasteiger partial charge < -0.3 is 21.6 Å². The van der Waals surface area contributed by atoms with Crippen LogP contribution in [0.5, 0.6) is 0 Å². The quantitative estimate of drug-likeness (QED) is 0.162. The third kappa shape index (κ3) is 6.42. The Labute approximate surface area is 114 Å². The molecule has 0 aromatic carbocycles. The minimum absolute atomic E-state index is 0.0856. The summed E-state index contributed by atoms with van der Waals surface area (Å²) in [7, 11) is 0. The first kappa shape index (κ1) is 15.8. The maximum atomic E-state index is 11.5. The molecule has 0 atom stereocenters. The summed E-state index contributed by atoms with van der Waals surface area (Å²) in [5, 5.41) is 17.7. The first-order valence-electron chi connectivity index (χ1n) is 6.91. The fraction of sp³-hybridized carbons (Fsp3) is 0.846. The molecule has 1 aliphatic rings. The molecule has 0 saturated heterocycles. The molecular weight excluding hydrogens is 244 g/mol. The van der Waals surface area contributed by atoms with Gasteiger partial charge in [0.25, 0.3) is 0 Å². The summed E-state index contributed by atoms with van der Waals surface area (Å²) in [5.41, 5.74) is 5.67. The van der Waals surface area contributed by atoms with E-state index in [0.29, 0.717) is 25.3 Å². The molecule has 0 aromatic heterocycles. The van der Waals surface area contributed by atoms with Crippen molar-refractivity contribution in [3.05, 3.63) is 0 Å². The number of carbonyl (C=O) groups is 1. The van der Waals surface area contributed by atoms with Gasteiger partial charge in [-0.1, -0.05) is 19.0 Å². The maximum Gasteiger partial charge on any atom is 0.221 e. The summed E-state index contributed by atoms with van der Waals surface area (Å²) < 4.78 is 0. The van der Waals surface area contributed by atoms with E-state index in [1.165, 1.54) is 0 Å². The Kier molecular flexibility index (Phi) is 6.08. The zero-order valence-electron chi connectivity index (χ0n) is 11.9. The topological polar surface area (TPSA) is 99.7 Å². The molecule has 5 N–H and O–H groups in total. The van der Waals surface area contributed by atoms with E-state index >= 15 is 0 Å². The molecule has 1 amide bonds. The molecule has 0 aromatic rings. The first-order chi connectivity index (χ1) is 8.97. The minimum atomic E-state index is 0.0856. The third-order valence-electron chi connectivity index (χ3n) is 3.38. The van der Waals surface area contributed by atoms with E-state index in [2.05, 4.69) is 29.6 Å². The number of hydrogen-bond acceptors (Lipinski definition) is 4. The highest BCUT2D eigenvalue weighted by atomic mass is 16.4. The second-order valence-corrected chi connectivity index (χ2v) is 5.89. The average Bonchev–Trinajstić information content (AvgIpc) is 3.12. The molecule has 6 nitrogen and oxygen atoms in total. The molecule has 19 heavy (non-hydrogen) atoms. The first-order valence-corrected chi connectivity index (χ1v) is 6.91. The molecule has 0 spiro atoms. The lowest BCUT2D eigenvalue weighted by Crippen LogP contribution is -2.33. The highest BCUT2D eigenvalue weighted by Crippen LogP contribution is 2.48. The Bertz CT molecular complexity index is 325. The number of rotatable bonds is 9. The molecular formula is C13H26N4O2. The van der Waals surface area contributed by atoms with E-state index in [-0.39, 0.29) is 17.2 Å². The van der Waals surface area contributed by atoms with Crippen LogP contribution in [0.15, 0.2) is 5.16 Å². The number of amides is 1. The van der Waals surface area contributed by atoms with Crippen molar-refractivity contribution in [3.8, 4) is 0 Å². The van der Waals surface area contributed by atoms with Gasteiger partial charge in [0, 0.05) is 32.5 Å². The van der Waals surface area contributed by atoms with Crippen molar-refractivity contribution in [3.63, 3.8) is 0 Å². The second-order valence-electron chi connectivity index (χ2n) is 5.89. The van der Waals surface area contributed by atoms with Gasteiger partial charge in [0.2, 0.25) is 5.91 Å². The Morgan fingerprint density at radius 2 is 2.16 bits per heavy atom. The van der Waals surface area contributed by atoms with Gasteiger partial charge in [-0.05, 0) is 24.2 Å². The van der Waals surface area contributed by atoms with Gasteiger partial charge in [0.05, 0.1) is 0 Å². The van der Waals surface area contributed by atoms with Crippen LogP contribution in [0.3, 0.4) is 0 Å². The van der Waals surface area contributed by atoms with Crippen LogP contribution in [0, 0.1) is 11.3 Å². The van der Waals surface area contributed by atoms with Crippen LogP contribution < -0.4 is 16.4 Å². The molecule has 1 aliphatic carbocycles. The molecule has 1 fully saturated rings. The van der Waals surface area contributed by atoms with Crippen molar-refractivity contribution >= 4 is 11.7 Å². The number of amidine groups is 1. The molecule has 0 aliphatic heterocycles. The molecule has 110 valence electrons. The van der Waals surface area contributed by atoms with Crippen molar-refractivity contribution in [1.82, 2.24) is 10.6 Å². The third-order valence-corrected chi connectivity index (χ3v) is 3.38. The molecule has 0 radical (unpaired) electrons. The van der Waals surface area contributed by atoms with E-state index in [0.717, 1.165) is 25.9 Å². The Balaban J connectivity index is 2.09. The fourth-order valence-electron chi connectivity index (χ4n) is 1.97. The van der Waals surface area contributed by atoms with Crippen LogP contribution in [0.2, 0.25) is 0 Å². The maximum absolute atomic E-state index is 11.5. The van der Waals surface area contributed by atoms with Gasteiger partial charge in [-0.15, -0.1) is 0 Å². The number of carbonyl (C=O) groups excluding carboxylic acids is 1. The van der Waals surface area contributed by atoms with Crippen LogP contribution >= 0.6 is 0 Å². The number of nitrogens with one attached hydrogen (secondary N) is 2. The van der Waals surface area contributed by atoms with Crippen LogP contribution in [0.4, 0.5) is 0 Å². The van der Waals surface area contributed by atoms with Crippen molar-refractivity contribution in [1.29, 1.82) is 0 Å². The predicted octanol–water partition coefficient (Wildman–Crippen LogP) is 0.655. The molecule has 0 unspecified atom stereocenters. The zero-order chi connectivity index (χ0) is 14.3. The highest BCUT2D eigenvalue weighted by Gasteiger charge is 2.42. The monoisotopic (exact) mass is 270 g/mol. The standard InChI is InChI=1S/C13H26N4O2/c1-10(2)8-16-12(18)3-6-15-9-13(4-5-13)7-11(14)17-19/h10,15,19H,3-9H2,1-2H3,(H2,14,17)(H,16,18). The average molecular weight is 270 g/mol. The number of hydrogen-bond donors (Lipinski definition) is 4. The van der Waals surface area contributed by atoms with Gasteiger partial charge in [0.15, 0.2) is 0 Å². The lowest BCUT2D eigenvalue weighted by Gasteiger charge is -2.15. The SMILES string of the molecule is CC(C)CNC(=O)CCNCC1(CC(N)=NO)CC1. The van der Waals surface area contributed by atoms with Gasteiger partial charge >= 0.3 is 0 Å². The lowest BCUT2D eigenvalue weighted by atomic mass is 10.0. The van der Waals surface area contributed by atoms with Gasteiger partial charge in [-0.3, -0.25) is 4.79 Å². The molecule has 0 bridgehead atoms. The normalized spacial score (nSPS) is 17.5. The second kappa shape index (κ2) is 7.33. The van der Waals surface area contributed by atoms with Crippen LogP contribution in [0.25, 0.3) is 0 Å². The predicted molar refractivity (Wildman–Crippen MR) is 75.0 cm³/mol. The molecule has 1 saturated carbocycles. The molecule has 1 rings (SSSR count). The summed E-state index contributed by atoms with van der Waals surface area (Å²) in [6, 6.07) is 0. The summed E-state index contributed by atoms with van der Waals surface area (Å²) >= 11 is 0. The van der Waals surface area contributed by atoms with Gasteiger partial charge in [-0.25, -0.2) is 0 Å². The highest BCUT2D eigenvalue weighted by molar-refractivity contribution is 5.80. The number of oxime groups is 1. The lowest BCUT2D eigenvalue weighted by molar-refractivity contribution is -0.121. The van der Waals surface area contributed by atoms with Crippen molar-refractivity contribution in [2.75, 3.05) is 19.6 Å². The molecule has 6 heteroatoms. The van der Waals surface area contributed by atoms with E-state index in [1.807, 2.05) is 0 Å². The van der Waals surface area contributed by atoms with Crippen molar-refractivity contribution in [2.24, 2.45) is 22.2 Å². The van der Waals surface area contributed by atoms with Crippen LogP contribution in [-0.2, 0) is 4.79 Å². The van der Waals surface area contributed by atoms with E-state index in [9.17, 15) is 4.79 Å². The van der Waals surface area contributed by atoms with Crippen LogP contribution in [0.1, 0.15) is 39.5 Å². The van der Waals surface area contributed by atoms with Crippen molar-refractivity contribution < 1.29 is 10.0 Å². The number of nitrogens with two attached hydrogens (primary N) is 1. The Morgan fingerprint density at radius 3 is 2.68 bits per heavy atom. The number of nitrogens with zero attached hydrogens (tertiary/aromatic N) is 1. The summed E-state index contributed by atoms with van der Waals surface area (Å²) in [6.45, 7) is 6.36. The fourth-order valence-corrected chi connectivity index (χ4v) is 1.97. The largest absolute Gasteiger partial charge is 0.409 e. The Hall–Kier alpha value is -1.30. The summed E-state index contributed by atoms with van der Waals surface area (Å²) in [5.74, 6) is 0.851. The summed E-state index contributed by atoms with van der Waals surface area (Å²) in [4.78, 5) is 11.5. The molecule has 0 heterocycles. The van der Waals surface area contributed by atoms with Crippen molar-refractivity contribution in [2.45, 2.75) is 39.5 Å². The van der Waals surface area contributed by atoms with E-state index in [4.69, 9.17) is 10.9 Å². The van der Waals surface area contributed by atoms with E-state index < -0.39 is 0 Å². The van der Waals surface area contributed by atoms with Gasteiger partial charge in [-0.2, -0.15) is 0 Å². The van der Waals surface area contributed by atoms with Gasteiger partial charge in [0.1, 0.15) is 5.84 Å². The van der Waals surface area contributed by atoms with E-state index in [1.54, 1.807) is 0 Å². The smallest absolute Gasteiger partial charge is 0.221 e. The Morgan fingerprint density at radius 1 is 1.47 bits per heavy atom. The summed E-state index contributed by atoms with van der Waals surface area (Å²) in [6.07, 6.45) is 3.30. The zero-order valence-corrected chi connectivity index (χ0v) is 11.9. The minimum Gasteiger partial charge on any atom is -0.409 e.